The van der Waals surface area contributed by atoms with Crippen molar-refractivity contribution in [2.45, 2.75) is 39.2 Å². The Hall–Kier alpha value is -3.88. The molecule has 180 valence electrons. The van der Waals surface area contributed by atoms with Gasteiger partial charge in [-0.25, -0.2) is 9.48 Å². The lowest BCUT2D eigenvalue weighted by atomic mass is 10.1. The molecule has 3 aromatic rings. The minimum atomic E-state index is -0.781. The molecule has 1 aromatic heterocycles. The molecule has 0 bridgehead atoms. The van der Waals surface area contributed by atoms with E-state index in [0.29, 0.717) is 34.5 Å². The van der Waals surface area contributed by atoms with Crippen LogP contribution in [0, 0.1) is 0 Å². The second-order valence-corrected chi connectivity index (χ2v) is 7.71. The fourth-order valence-corrected chi connectivity index (χ4v) is 3.50. The third kappa shape index (κ3) is 6.12. The Morgan fingerprint density at radius 3 is 2.29 bits per heavy atom. The molecule has 9 nitrogen and oxygen atoms in total. The third-order valence-corrected chi connectivity index (χ3v) is 5.25. The topological polar surface area (TPSA) is 109 Å². The average molecular weight is 468 g/mol. The van der Waals surface area contributed by atoms with Gasteiger partial charge in [-0.1, -0.05) is 44.4 Å². The van der Waals surface area contributed by atoms with E-state index >= 15 is 0 Å². The van der Waals surface area contributed by atoms with Crippen molar-refractivity contribution in [1.29, 1.82) is 0 Å². The first-order chi connectivity index (χ1) is 16.5. The molecule has 0 aliphatic rings. The molecule has 1 heterocycles. The predicted molar refractivity (Wildman–Crippen MR) is 129 cm³/mol. The molecule has 0 saturated carbocycles. The predicted octanol–water partition coefficient (Wildman–Crippen LogP) is 3.79. The number of nitrogens with one attached hydrogen (secondary N) is 1. The summed E-state index contributed by atoms with van der Waals surface area (Å²) >= 11 is 0. The van der Waals surface area contributed by atoms with E-state index in [1.165, 1.54) is 18.9 Å². The van der Waals surface area contributed by atoms with E-state index in [1.807, 2.05) is 0 Å². The smallest absolute Gasteiger partial charge is 0.359 e. The van der Waals surface area contributed by atoms with E-state index in [0.717, 1.165) is 25.7 Å². The van der Waals surface area contributed by atoms with Crippen LogP contribution in [0.1, 0.15) is 43.1 Å². The minimum Gasteiger partial charge on any atom is -0.497 e. The van der Waals surface area contributed by atoms with Crippen LogP contribution >= 0.6 is 0 Å². The minimum absolute atomic E-state index is 0.00143. The number of hydrogen-bond donors (Lipinski definition) is 1. The van der Waals surface area contributed by atoms with Crippen molar-refractivity contribution < 1.29 is 23.8 Å². The van der Waals surface area contributed by atoms with Gasteiger partial charge in [0.15, 0.2) is 12.3 Å². The molecule has 0 aliphatic heterocycles. The van der Waals surface area contributed by atoms with Gasteiger partial charge in [0.05, 0.1) is 19.6 Å². The van der Waals surface area contributed by atoms with Gasteiger partial charge in [-0.3, -0.25) is 9.59 Å². The average Bonchev–Trinajstić information content (AvgIpc) is 2.86. The quantitative estimate of drug-likeness (QED) is 0.338. The van der Waals surface area contributed by atoms with Crippen LogP contribution in [-0.2, 0) is 16.1 Å². The number of aromatic nitrogens is 2. The van der Waals surface area contributed by atoms with Crippen LogP contribution in [0.5, 0.6) is 11.5 Å². The number of carbonyl (C=O) groups is 2. The Balaban J connectivity index is 1.74. The highest BCUT2D eigenvalue weighted by Gasteiger charge is 2.19. The first-order valence-corrected chi connectivity index (χ1v) is 11.2. The number of anilines is 1. The normalized spacial score (nSPS) is 10.7. The fraction of sp³-hybridized carbons (Fsp3) is 0.360. The summed E-state index contributed by atoms with van der Waals surface area (Å²) < 4.78 is 16.9. The number of fused-ring (bicyclic) bond motifs is 1. The van der Waals surface area contributed by atoms with Crippen molar-refractivity contribution in [1.82, 2.24) is 9.78 Å². The van der Waals surface area contributed by atoms with Gasteiger partial charge in [-0.15, -0.1) is 0 Å². The highest BCUT2D eigenvalue weighted by molar-refractivity contribution is 6.03. The highest BCUT2D eigenvalue weighted by Crippen LogP contribution is 2.25. The van der Waals surface area contributed by atoms with Crippen LogP contribution in [0.3, 0.4) is 0 Å². The summed E-state index contributed by atoms with van der Waals surface area (Å²) in [6.45, 7) is 1.99. The van der Waals surface area contributed by atoms with E-state index in [2.05, 4.69) is 17.3 Å². The molecule has 0 fully saturated rings. The number of nitrogens with zero attached hydrogens (tertiary/aromatic N) is 2. The number of carbonyl (C=O) groups excluding carboxylic acids is 2. The number of hydrogen-bond acceptors (Lipinski definition) is 7. The first kappa shape index (κ1) is 24.8. The molecule has 9 heteroatoms. The van der Waals surface area contributed by atoms with Crippen LogP contribution < -0.4 is 20.3 Å². The number of esters is 1. The monoisotopic (exact) mass is 467 g/mol. The number of methoxy groups -OCH3 is 2. The lowest BCUT2D eigenvalue weighted by molar-refractivity contribution is -0.119. The SMILES string of the molecule is CCCCCCn1nc(C(=O)OCC(=O)Nc2cc(OC)cc(OC)c2)c2ccccc2c1=O. The number of unbranched alkanes of at least 4 members (excludes halogenated alkanes) is 3. The summed E-state index contributed by atoms with van der Waals surface area (Å²) in [4.78, 5) is 38.0. The summed E-state index contributed by atoms with van der Waals surface area (Å²) in [7, 11) is 3.01. The van der Waals surface area contributed by atoms with E-state index in [9.17, 15) is 14.4 Å². The molecule has 1 amide bonds. The lowest BCUT2D eigenvalue weighted by Crippen LogP contribution is -2.28. The number of benzene rings is 2. The second-order valence-electron chi connectivity index (χ2n) is 7.71. The van der Waals surface area contributed by atoms with Crippen molar-refractivity contribution in [3.8, 4) is 11.5 Å². The summed E-state index contributed by atoms with van der Waals surface area (Å²) in [5.41, 5.74) is 0.177. The van der Waals surface area contributed by atoms with Crippen LogP contribution in [0.4, 0.5) is 5.69 Å². The first-order valence-electron chi connectivity index (χ1n) is 11.2. The van der Waals surface area contributed by atoms with Gasteiger partial charge >= 0.3 is 5.97 Å². The Kier molecular flexibility index (Phi) is 8.61. The molecule has 34 heavy (non-hydrogen) atoms. The van der Waals surface area contributed by atoms with Crippen molar-refractivity contribution >= 4 is 28.3 Å². The van der Waals surface area contributed by atoms with E-state index in [-0.39, 0.29) is 11.3 Å². The van der Waals surface area contributed by atoms with Crippen molar-refractivity contribution in [3.05, 3.63) is 58.5 Å². The fourth-order valence-electron chi connectivity index (χ4n) is 3.50. The zero-order valence-corrected chi connectivity index (χ0v) is 19.6. The zero-order valence-electron chi connectivity index (χ0n) is 19.6. The van der Waals surface area contributed by atoms with Crippen molar-refractivity contribution in [2.24, 2.45) is 0 Å². The summed E-state index contributed by atoms with van der Waals surface area (Å²) in [5.74, 6) is -0.315. The Morgan fingerprint density at radius 1 is 0.971 bits per heavy atom. The number of aryl methyl sites for hydroxylation is 1. The molecule has 2 aromatic carbocycles. The van der Waals surface area contributed by atoms with E-state index in [4.69, 9.17) is 14.2 Å². The van der Waals surface area contributed by atoms with Gasteiger partial charge in [0.2, 0.25) is 0 Å². The summed E-state index contributed by atoms with van der Waals surface area (Å²) in [5, 5.41) is 7.69. The highest BCUT2D eigenvalue weighted by atomic mass is 16.5. The van der Waals surface area contributed by atoms with Gasteiger partial charge in [0.25, 0.3) is 11.5 Å². The Labute approximate surface area is 197 Å². The van der Waals surface area contributed by atoms with Gasteiger partial charge < -0.3 is 19.5 Å². The molecule has 1 N–H and O–H groups in total. The maximum atomic E-state index is 12.8. The van der Waals surface area contributed by atoms with Gasteiger partial charge in [-0.05, 0) is 12.5 Å². The van der Waals surface area contributed by atoms with Gasteiger partial charge in [-0.2, -0.15) is 5.10 Å². The van der Waals surface area contributed by atoms with Gasteiger partial charge in [0, 0.05) is 35.8 Å². The van der Waals surface area contributed by atoms with Crippen molar-refractivity contribution in [2.75, 3.05) is 26.1 Å². The molecular formula is C25H29N3O6. The lowest BCUT2D eigenvalue weighted by Gasteiger charge is -2.12. The number of amides is 1. The van der Waals surface area contributed by atoms with Crippen LogP contribution in [0.25, 0.3) is 10.8 Å². The zero-order chi connectivity index (χ0) is 24.5. The van der Waals surface area contributed by atoms with E-state index in [1.54, 1.807) is 42.5 Å². The van der Waals surface area contributed by atoms with Crippen LogP contribution in [0.2, 0.25) is 0 Å². The largest absolute Gasteiger partial charge is 0.497 e. The molecule has 0 aliphatic carbocycles. The number of rotatable bonds is 11. The standard InChI is InChI=1S/C25H29N3O6/c1-4-5-6-9-12-28-24(30)21-11-8-7-10-20(21)23(27-28)25(31)34-16-22(29)26-17-13-18(32-2)15-19(14-17)33-3/h7-8,10-11,13-15H,4-6,9,12,16H2,1-3H3,(H,26,29). The van der Waals surface area contributed by atoms with Gasteiger partial charge in [0.1, 0.15) is 11.5 Å². The molecule has 3 rings (SSSR count). The molecular weight excluding hydrogens is 438 g/mol. The Bertz CT molecular complexity index is 1200. The molecule has 0 atom stereocenters. The maximum absolute atomic E-state index is 12.8. The third-order valence-electron chi connectivity index (χ3n) is 5.25. The van der Waals surface area contributed by atoms with E-state index < -0.39 is 18.5 Å². The van der Waals surface area contributed by atoms with Crippen LogP contribution in [0.15, 0.2) is 47.3 Å². The second kappa shape index (κ2) is 11.8. The molecule has 0 saturated heterocycles. The maximum Gasteiger partial charge on any atom is 0.359 e. The Morgan fingerprint density at radius 2 is 1.65 bits per heavy atom. The van der Waals surface area contributed by atoms with Crippen LogP contribution in [-0.4, -0.2) is 42.5 Å². The van der Waals surface area contributed by atoms with Crippen molar-refractivity contribution in [3.63, 3.8) is 0 Å². The summed E-state index contributed by atoms with van der Waals surface area (Å²) in [6.07, 6.45) is 3.88. The molecule has 0 unspecified atom stereocenters. The molecule has 0 spiro atoms. The number of ether oxygens (including phenoxy) is 3. The summed E-state index contributed by atoms with van der Waals surface area (Å²) in [6, 6.07) is 11.7. The molecule has 0 radical (unpaired) electrons.